The number of ether oxygens (including phenoxy) is 2. The molecular weight excluding hydrogens is 386 g/mol. The van der Waals surface area contributed by atoms with Crippen LogP contribution in [-0.2, 0) is 14.3 Å². The Kier molecular flexibility index (Phi) is 5.08. The van der Waals surface area contributed by atoms with Crippen LogP contribution in [0.2, 0.25) is 0 Å². The molecule has 1 unspecified atom stereocenters. The van der Waals surface area contributed by atoms with Crippen LogP contribution in [0.1, 0.15) is 37.7 Å². The van der Waals surface area contributed by atoms with Crippen LogP contribution in [0.4, 0.5) is 0 Å². The van der Waals surface area contributed by atoms with Crippen molar-refractivity contribution in [3.05, 3.63) is 39.5 Å². The molecule has 132 valence electrons. The van der Waals surface area contributed by atoms with Crippen molar-refractivity contribution < 1.29 is 19.1 Å². The van der Waals surface area contributed by atoms with E-state index in [9.17, 15) is 9.59 Å². The second-order valence-corrected chi connectivity index (χ2v) is 7.12. The second kappa shape index (κ2) is 7.12. The van der Waals surface area contributed by atoms with Gasteiger partial charge >= 0.3 is 5.97 Å². The van der Waals surface area contributed by atoms with Gasteiger partial charge in [-0.3, -0.25) is 14.6 Å². The number of ketones is 1. The Hall–Kier alpha value is -1.95. The minimum Gasteiger partial charge on any atom is -0.496 e. The summed E-state index contributed by atoms with van der Waals surface area (Å²) in [6.45, 7) is 1.83. The molecular formula is C19H20BrNO4. The van der Waals surface area contributed by atoms with E-state index in [0.717, 1.165) is 28.6 Å². The predicted molar refractivity (Wildman–Crippen MR) is 97.9 cm³/mol. The Morgan fingerprint density at radius 3 is 2.68 bits per heavy atom. The van der Waals surface area contributed by atoms with E-state index in [2.05, 4.69) is 20.9 Å². The van der Waals surface area contributed by atoms with Crippen molar-refractivity contribution in [1.82, 2.24) is 0 Å². The smallest absolute Gasteiger partial charge is 0.315 e. The molecule has 0 saturated carbocycles. The van der Waals surface area contributed by atoms with Gasteiger partial charge in [0.05, 0.1) is 18.7 Å². The lowest BCUT2D eigenvalue weighted by Gasteiger charge is -2.34. The fourth-order valence-corrected chi connectivity index (χ4v) is 4.23. The van der Waals surface area contributed by atoms with E-state index in [4.69, 9.17) is 9.47 Å². The first-order valence-corrected chi connectivity index (χ1v) is 9.00. The Morgan fingerprint density at radius 2 is 2.04 bits per heavy atom. The number of carbonyl (C=O) groups is 2. The lowest BCUT2D eigenvalue weighted by atomic mass is 9.72. The van der Waals surface area contributed by atoms with Gasteiger partial charge in [0, 0.05) is 29.3 Å². The fourth-order valence-electron chi connectivity index (χ4n) is 3.67. The first-order valence-electron chi connectivity index (χ1n) is 8.20. The summed E-state index contributed by atoms with van der Waals surface area (Å²) in [5.41, 5.74) is 3.03. The van der Waals surface area contributed by atoms with Gasteiger partial charge in [-0.1, -0.05) is 6.07 Å². The molecule has 1 aromatic rings. The summed E-state index contributed by atoms with van der Waals surface area (Å²) in [4.78, 5) is 29.7. The molecule has 0 radical (unpaired) electrons. The van der Waals surface area contributed by atoms with Crippen LogP contribution < -0.4 is 4.74 Å². The van der Waals surface area contributed by atoms with Crippen molar-refractivity contribution >= 4 is 33.4 Å². The minimum absolute atomic E-state index is 0.0725. The van der Waals surface area contributed by atoms with E-state index >= 15 is 0 Å². The number of methoxy groups -OCH3 is 2. The molecule has 2 atom stereocenters. The van der Waals surface area contributed by atoms with Gasteiger partial charge in [0.25, 0.3) is 0 Å². The summed E-state index contributed by atoms with van der Waals surface area (Å²) >= 11 is 3.49. The van der Waals surface area contributed by atoms with Crippen LogP contribution in [0.5, 0.6) is 5.75 Å². The highest BCUT2D eigenvalue weighted by atomic mass is 79.9. The zero-order valence-corrected chi connectivity index (χ0v) is 16.1. The van der Waals surface area contributed by atoms with E-state index in [0.29, 0.717) is 23.5 Å². The molecule has 0 amide bonds. The van der Waals surface area contributed by atoms with E-state index in [-0.39, 0.29) is 17.7 Å². The van der Waals surface area contributed by atoms with Crippen LogP contribution in [0.15, 0.2) is 38.9 Å². The normalized spacial score (nSPS) is 23.0. The summed E-state index contributed by atoms with van der Waals surface area (Å²) in [5.74, 6) is -0.573. The fraction of sp³-hybridized carbons (Fsp3) is 0.421. The number of carbonyl (C=O) groups excluding carboxylic acids is 2. The Morgan fingerprint density at radius 1 is 1.28 bits per heavy atom. The van der Waals surface area contributed by atoms with Crippen LogP contribution in [0.25, 0.3) is 0 Å². The first kappa shape index (κ1) is 17.9. The van der Waals surface area contributed by atoms with E-state index < -0.39 is 5.92 Å². The zero-order valence-electron chi connectivity index (χ0n) is 14.5. The molecule has 6 heteroatoms. The molecule has 0 spiro atoms. The van der Waals surface area contributed by atoms with Crippen molar-refractivity contribution in [2.45, 2.75) is 32.1 Å². The number of Topliss-reactive ketones (excluding diaryl/α,β-unsaturated/α-hetero) is 1. The zero-order chi connectivity index (χ0) is 18.1. The number of rotatable bonds is 3. The summed E-state index contributed by atoms with van der Waals surface area (Å²) in [7, 11) is 2.96. The number of benzene rings is 1. The number of hydrogen-bond donors (Lipinski definition) is 0. The number of aliphatic imine (C=N–C) groups is 1. The van der Waals surface area contributed by atoms with Gasteiger partial charge in [-0.05, 0) is 53.4 Å². The lowest BCUT2D eigenvalue weighted by Crippen LogP contribution is -2.36. The maximum absolute atomic E-state index is 12.7. The molecule has 3 rings (SSSR count). The third kappa shape index (κ3) is 3.15. The maximum atomic E-state index is 12.7. The predicted octanol–water partition coefficient (Wildman–Crippen LogP) is 3.81. The van der Waals surface area contributed by atoms with Crippen molar-refractivity contribution in [3.63, 3.8) is 0 Å². The van der Waals surface area contributed by atoms with Crippen LogP contribution in [0, 0.1) is 5.92 Å². The number of nitrogens with zero attached hydrogens (tertiary/aromatic N) is 1. The third-order valence-electron chi connectivity index (χ3n) is 4.82. The Labute approximate surface area is 155 Å². The van der Waals surface area contributed by atoms with E-state index in [1.165, 1.54) is 7.11 Å². The minimum atomic E-state index is -0.592. The highest BCUT2D eigenvalue weighted by Gasteiger charge is 2.43. The molecule has 0 N–H and O–H groups in total. The number of esters is 1. The second-order valence-electron chi connectivity index (χ2n) is 6.26. The average molecular weight is 406 g/mol. The summed E-state index contributed by atoms with van der Waals surface area (Å²) in [6, 6.07) is 5.64. The first-order chi connectivity index (χ1) is 12.0. The SMILES string of the molecule is COC(=O)C1C(C)=NC2=C(C(=O)CCC2)[C@@H]1c1ccc(OC)c(Br)c1. The van der Waals surface area contributed by atoms with Gasteiger partial charge < -0.3 is 9.47 Å². The molecule has 25 heavy (non-hydrogen) atoms. The van der Waals surface area contributed by atoms with Crippen molar-refractivity contribution in [1.29, 1.82) is 0 Å². The van der Waals surface area contributed by atoms with E-state index in [1.54, 1.807) is 7.11 Å². The Balaban J connectivity index is 2.18. The molecule has 0 saturated heterocycles. The van der Waals surface area contributed by atoms with Crippen LogP contribution in [-0.4, -0.2) is 31.7 Å². The van der Waals surface area contributed by atoms with Crippen LogP contribution in [0.3, 0.4) is 0 Å². The summed E-state index contributed by atoms with van der Waals surface area (Å²) < 4.78 is 11.1. The maximum Gasteiger partial charge on any atom is 0.315 e. The van der Waals surface area contributed by atoms with E-state index in [1.807, 2.05) is 25.1 Å². The van der Waals surface area contributed by atoms with Gasteiger partial charge in [0.15, 0.2) is 5.78 Å². The number of allylic oxidation sites excluding steroid dienone is 2. The topological polar surface area (TPSA) is 65.0 Å². The largest absolute Gasteiger partial charge is 0.496 e. The standard InChI is InChI=1S/C19H20BrNO4/c1-10-16(19(23)25-3)17(11-7-8-15(24-2)12(20)9-11)18-13(21-10)5-4-6-14(18)22/h7-9,16-17H,4-6H2,1-3H3/t16?,17-/m1/s1. The molecule has 1 aliphatic carbocycles. The molecule has 0 aromatic heterocycles. The molecule has 0 fully saturated rings. The van der Waals surface area contributed by atoms with Crippen molar-refractivity contribution in [3.8, 4) is 5.75 Å². The quantitative estimate of drug-likeness (QED) is 0.717. The van der Waals surface area contributed by atoms with Gasteiger partial charge in [-0.25, -0.2) is 0 Å². The van der Waals surface area contributed by atoms with Crippen LogP contribution >= 0.6 is 15.9 Å². The molecule has 1 aromatic carbocycles. The number of halogens is 1. The molecule has 5 nitrogen and oxygen atoms in total. The number of hydrogen-bond acceptors (Lipinski definition) is 5. The summed E-state index contributed by atoms with van der Waals surface area (Å²) in [5, 5.41) is 0. The lowest BCUT2D eigenvalue weighted by molar-refractivity contribution is -0.143. The van der Waals surface area contributed by atoms with Gasteiger partial charge in [-0.15, -0.1) is 0 Å². The third-order valence-corrected chi connectivity index (χ3v) is 5.44. The summed E-state index contributed by atoms with van der Waals surface area (Å²) in [6.07, 6.45) is 2.06. The highest BCUT2D eigenvalue weighted by Crippen LogP contribution is 2.44. The van der Waals surface area contributed by atoms with Crippen molar-refractivity contribution in [2.75, 3.05) is 14.2 Å². The van der Waals surface area contributed by atoms with Crippen molar-refractivity contribution in [2.24, 2.45) is 10.9 Å². The monoisotopic (exact) mass is 405 g/mol. The molecule has 2 aliphatic rings. The molecule has 1 aliphatic heterocycles. The van der Waals surface area contributed by atoms with Gasteiger partial charge in [0.1, 0.15) is 11.7 Å². The average Bonchev–Trinajstić information content (AvgIpc) is 2.60. The van der Waals surface area contributed by atoms with Gasteiger partial charge in [0.2, 0.25) is 0 Å². The highest BCUT2D eigenvalue weighted by molar-refractivity contribution is 9.10. The molecule has 0 bridgehead atoms. The van der Waals surface area contributed by atoms with Gasteiger partial charge in [-0.2, -0.15) is 0 Å². The molecule has 1 heterocycles. The Bertz CT molecular complexity index is 797.